The highest BCUT2D eigenvalue weighted by atomic mass is 16.6. The Bertz CT molecular complexity index is 545. The van der Waals surface area contributed by atoms with Crippen molar-refractivity contribution >= 4 is 17.7 Å². The molecule has 1 atom stereocenters. The van der Waals surface area contributed by atoms with Gasteiger partial charge in [0, 0.05) is 5.56 Å². The standard InChI is InChI=1S/C15H17NO4/c1-9(2)14(18)10(3)16-15(19)20-13-7-5-12(6-8-13)11(4)17/h5-8,10H,1H2,2-4H3,(H,16,19). The molecule has 1 N–H and O–H groups in total. The van der Waals surface area contributed by atoms with Gasteiger partial charge in [-0.05, 0) is 50.6 Å². The molecule has 0 saturated carbocycles. The average Bonchev–Trinajstić information content (AvgIpc) is 2.37. The van der Waals surface area contributed by atoms with E-state index in [4.69, 9.17) is 4.74 Å². The van der Waals surface area contributed by atoms with Gasteiger partial charge in [0.25, 0.3) is 0 Å². The van der Waals surface area contributed by atoms with E-state index in [9.17, 15) is 14.4 Å². The molecule has 1 rings (SSSR count). The number of rotatable bonds is 5. The molecule has 0 radical (unpaired) electrons. The van der Waals surface area contributed by atoms with Gasteiger partial charge < -0.3 is 10.1 Å². The first-order chi connectivity index (χ1) is 9.31. The van der Waals surface area contributed by atoms with E-state index in [0.29, 0.717) is 16.9 Å². The largest absolute Gasteiger partial charge is 0.413 e. The molecule has 0 fully saturated rings. The third-order valence-corrected chi connectivity index (χ3v) is 2.62. The fourth-order valence-corrected chi connectivity index (χ4v) is 1.51. The lowest BCUT2D eigenvalue weighted by atomic mass is 10.1. The van der Waals surface area contributed by atoms with Gasteiger partial charge in [0.15, 0.2) is 11.6 Å². The molecule has 1 unspecified atom stereocenters. The lowest BCUT2D eigenvalue weighted by molar-refractivity contribution is -0.116. The monoisotopic (exact) mass is 275 g/mol. The number of ketones is 2. The molecule has 0 bridgehead atoms. The van der Waals surface area contributed by atoms with E-state index in [1.165, 1.54) is 19.1 Å². The molecule has 106 valence electrons. The summed E-state index contributed by atoms with van der Waals surface area (Å²) in [5, 5.41) is 2.41. The van der Waals surface area contributed by atoms with Crippen molar-refractivity contribution in [3.63, 3.8) is 0 Å². The fourth-order valence-electron chi connectivity index (χ4n) is 1.51. The number of hydrogen-bond donors (Lipinski definition) is 1. The van der Waals surface area contributed by atoms with Crippen LogP contribution in [0.2, 0.25) is 0 Å². The summed E-state index contributed by atoms with van der Waals surface area (Å²) in [7, 11) is 0. The Labute approximate surface area is 117 Å². The Morgan fingerprint density at radius 3 is 2.15 bits per heavy atom. The second-order valence-electron chi connectivity index (χ2n) is 4.48. The normalized spacial score (nSPS) is 11.3. The molecule has 1 aromatic carbocycles. The van der Waals surface area contributed by atoms with Crippen LogP contribution < -0.4 is 10.1 Å². The third kappa shape index (κ3) is 4.35. The van der Waals surface area contributed by atoms with Crippen molar-refractivity contribution < 1.29 is 19.1 Å². The van der Waals surface area contributed by atoms with Crippen LogP contribution in [0.3, 0.4) is 0 Å². The second kappa shape index (κ2) is 6.65. The van der Waals surface area contributed by atoms with Crippen LogP contribution in [0.1, 0.15) is 31.1 Å². The molecular weight excluding hydrogens is 258 g/mol. The summed E-state index contributed by atoms with van der Waals surface area (Å²) in [5.74, 6) is -0.0296. The zero-order valence-corrected chi connectivity index (χ0v) is 11.7. The maximum atomic E-state index is 11.6. The minimum Gasteiger partial charge on any atom is -0.410 e. The van der Waals surface area contributed by atoms with Gasteiger partial charge in [-0.2, -0.15) is 0 Å². The molecule has 1 amide bonds. The van der Waals surface area contributed by atoms with Gasteiger partial charge in [0.2, 0.25) is 0 Å². The van der Waals surface area contributed by atoms with Crippen LogP contribution in [0.4, 0.5) is 4.79 Å². The van der Waals surface area contributed by atoms with Crippen LogP contribution in [0, 0.1) is 0 Å². The smallest absolute Gasteiger partial charge is 0.410 e. The summed E-state index contributed by atoms with van der Waals surface area (Å²) >= 11 is 0. The van der Waals surface area contributed by atoms with Crippen molar-refractivity contribution in [2.24, 2.45) is 0 Å². The first-order valence-corrected chi connectivity index (χ1v) is 6.10. The van der Waals surface area contributed by atoms with E-state index < -0.39 is 12.1 Å². The summed E-state index contributed by atoms with van der Waals surface area (Å²) < 4.78 is 5.01. The topological polar surface area (TPSA) is 72.5 Å². The van der Waals surface area contributed by atoms with Crippen molar-refractivity contribution in [1.29, 1.82) is 0 Å². The van der Waals surface area contributed by atoms with Gasteiger partial charge in [-0.3, -0.25) is 9.59 Å². The quantitative estimate of drug-likeness (QED) is 0.662. The predicted octanol–water partition coefficient (Wildman–Crippen LogP) is 2.51. The Kier molecular flexibility index (Phi) is 5.20. The summed E-state index contributed by atoms with van der Waals surface area (Å²) in [6, 6.07) is 5.46. The minimum absolute atomic E-state index is 0.0679. The molecule has 0 aliphatic heterocycles. The number of carbonyl (C=O) groups excluding carboxylic acids is 3. The zero-order valence-electron chi connectivity index (χ0n) is 11.7. The molecule has 0 saturated heterocycles. The van der Waals surface area contributed by atoms with Crippen molar-refractivity contribution in [2.75, 3.05) is 0 Å². The molecule has 5 heteroatoms. The SMILES string of the molecule is C=C(C)C(=O)C(C)NC(=O)Oc1ccc(C(C)=O)cc1. The third-order valence-electron chi connectivity index (χ3n) is 2.62. The highest BCUT2D eigenvalue weighted by molar-refractivity contribution is 5.99. The van der Waals surface area contributed by atoms with E-state index in [0.717, 1.165) is 0 Å². The van der Waals surface area contributed by atoms with E-state index >= 15 is 0 Å². The molecule has 20 heavy (non-hydrogen) atoms. The Morgan fingerprint density at radius 1 is 1.15 bits per heavy atom. The van der Waals surface area contributed by atoms with Crippen molar-refractivity contribution in [1.82, 2.24) is 5.32 Å². The zero-order chi connectivity index (χ0) is 15.3. The number of nitrogens with one attached hydrogen (secondary N) is 1. The highest BCUT2D eigenvalue weighted by Crippen LogP contribution is 2.12. The van der Waals surface area contributed by atoms with Crippen molar-refractivity contribution in [3.05, 3.63) is 42.0 Å². The van der Waals surface area contributed by atoms with Gasteiger partial charge in [-0.1, -0.05) is 6.58 Å². The average molecular weight is 275 g/mol. The molecule has 0 aliphatic carbocycles. The van der Waals surface area contributed by atoms with E-state index in [2.05, 4.69) is 11.9 Å². The highest BCUT2D eigenvalue weighted by Gasteiger charge is 2.17. The van der Waals surface area contributed by atoms with Crippen LogP contribution in [-0.2, 0) is 4.79 Å². The molecule has 5 nitrogen and oxygen atoms in total. The van der Waals surface area contributed by atoms with Crippen LogP contribution in [-0.4, -0.2) is 23.7 Å². The summed E-state index contributed by atoms with van der Waals surface area (Å²) in [6.45, 7) is 8.10. The number of hydrogen-bond acceptors (Lipinski definition) is 4. The van der Waals surface area contributed by atoms with E-state index in [-0.39, 0.29) is 11.6 Å². The van der Waals surface area contributed by atoms with Crippen LogP contribution >= 0.6 is 0 Å². The van der Waals surface area contributed by atoms with E-state index in [1.54, 1.807) is 26.0 Å². The minimum atomic E-state index is -0.734. The van der Waals surface area contributed by atoms with Crippen LogP contribution in [0.15, 0.2) is 36.4 Å². The summed E-state index contributed by atoms with van der Waals surface area (Å²) in [5.41, 5.74) is 0.896. The number of ether oxygens (including phenoxy) is 1. The van der Waals surface area contributed by atoms with Gasteiger partial charge >= 0.3 is 6.09 Å². The fraction of sp³-hybridized carbons (Fsp3) is 0.267. The molecule has 0 aliphatic rings. The number of benzene rings is 1. The Hall–Kier alpha value is -2.43. The molecular formula is C15H17NO4. The maximum absolute atomic E-state index is 11.6. The van der Waals surface area contributed by atoms with Crippen molar-refractivity contribution in [3.8, 4) is 5.75 Å². The number of amides is 1. The lowest BCUT2D eigenvalue weighted by Gasteiger charge is -2.12. The van der Waals surface area contributed by atoms with Crippen LogP contribution in [0.25, 0.3) is 0 Å². The van der Waals surface area contributed by atoms with Gasteiger partial charge in [0.1, 0.15) is 5.75 Å². The first-order valence-electron chi connectivity index (χ1n) is 6.10. The first kappa shape index (κ1) is 15.6. The van der Waals surface area contributed by atoms with Crippen LogP contribution in [0.5, 0.6) is 5.75 Å². The van der Waals surface area contributed by atoms with E-state index in [1.807, 2.05) is 0 Å². The summed E-state index contributed by atoms with van der Waals surface area (Å²) in [4.78, 5) is 34.2. The summed E-state index contributed by atoms with van der Waals surface area (Å²) in [6.07, 6.45) is -0.734. The maximum Gasteiger partial charge on any atom is 0.413 e. The Balaban J connectivity index is 2.60. The molecule has 1 aromatic rings. The molecule has 0 heterocycles. The van der Waals surface area contributed by atoms with Gasteiger partial charge in [-0.15, -0.1) is 0 Å². The van der Waals surface area contributed by atoms with Gasteiger partial charge in [0.05, 0.1) is 6.04 Å². The van der Waals surface area contributed by atoms with Gasteiger partial charge in [-0.25, -0.2) is 4.79 Å². The second-order valence-corrected chi connectivity index (χ2v) is 4.48. The Morgan fingerprint density at radius 2 is 1.70 bits per heavy atom. The number of Topliss-reactive ketones (excluding diaryl/α,β-unsaturated/α-hetero) is 2. The lowest BCUT2D eigenvalue weighted by Crippen LogP contribution is -2.40. The number of carbonyl (C=O) groups is 3. The molecule has 0 spiro atoms. The predicted molar refractivity (Wildman–Crippen MR) is 74.9 cm³/mol. The molecule has 0 aromatic heterocycles. The van der Waals surface area contributed by atoms with Crippen molar-refractivity contribution in [2.45, 2.75) is 26.8 Å².